The number of rotatable bonds is 2. The number of carbonyl (C=O) groups excluding carboxylic acids is 1. The molecule has 4 nitrogen and oxygen atoms in total. The fraction of sp³-hybridized carbons (Fsp3) is 0.250. The van der Waals surface area contributed by atoms with Crippen molar-refractivity contribution in [3.05, 3.63) is 47.4 Å². The summed E-state index contributed by atoms with van der Waals surface area (Å²) >= 11 is 0. The molecule has 1 aromatic carbocycles. The second kappa shape index (κ2) is 4.26. The summed E-state index contributed by atoms with van der Waals surface area (Å²) in [5.74, 6) is 0.678. The average Bonchev–Trinajstić information content (AvgIpc) is 2.64. The molecule has 0 atom stereocenters. The number of benzene rings is 1. The maximum absolute atomic E-state index is 11.9. The van der Waals surface area contributed by atoms with Crippen molar-refractivity contribution >= 4 is 5.91 Å². The van der Waals surface area contributed by atoms with Gasteiger partial charge in [-0.3, -0.25) is 15.2 Å². The second-order valence-corrected chi connectivity index (χ2v) is 3.74. The minimum atomic E-state index is -0.118. The Morgan fingerprint density at radius 2 is 2.12 bits per heavy atom. The Hall–Kier alpha value is -1.97. The predicted molar refractivity (Wildman–Crippen MR) is 60.2 cm³/mol. The zero-order valence-corrected chi connectivity index (χ0v) is 9.36. The van der Waals surface area contributed by atoms with Crippen LogP contribution in [0.15, 0.2) is 36.2 Å². The number of carbonyl (C=O) groups is 1. The van der Waals surface area contributed by atoms with Gasteiger partial charge >= 0.3 is 0 Å². The molecule has 1 heterocycles. The Kier molecular flexibility index (Phi) is 2.81. The molecule has 1 aliphatic heterocycles. The zero-order chi connectivity index (χ0) is 11.5. The van der Waals surface area contributed by atoms with Crippen molar-refractivity contribution in [1.82, 2.24) is 10.4 Å². The van der Waals surface area contributed by atoms with Crippen molar-refractivity contribution in [3.63, 3.8) is 0 Å². The van der Waals surface area contributed by atoms with E-state index >= 15 is 0 Å². The molecule has 0 spiro atoms. The van der Waals surface area contributed by atoms with E-state index in [-0.39, 0.29) is 5.91 Å². The van der Waals surface area contributed by atoms with Crippen LogP contribution in [0.3, 0.4) is 0 Å². The van der Waals surface area contributed by atoms with E-state index in [1.807, 2.05) is 32.0 Å². The van der Waals surface area contributed by atoms with E-state index < -0.39 is 0 Å². The van der Waals surface area contributed by atoms with Crippen LogP contribution in [0.4, 0.5) is 0 Å². The Bertz CT molecular complexity index is 440. The first-order valence-electron chi connectivity index (χ1n) is 5.11. The van der Waals surface area contributed by atoms with Gasteiger partial charge in [-0.15, -0.1) is 0 Å². The summed E-state index contributed by atoms with van der Waals surface area (Å²) in [5, 5.41) is 1.63. The first-order valence-corrected chi connectivity index (χ1v) is 5.11. The highest BCUT2D eigenvalue weighted by atomic mass is 16.5. The highest BCUT2D eigenvalue weighted by molar-refractivity contribution is 5.95. The standard InChI is InChI=1S/C12H14N2O2/c1-9-5-3-4-6-11(9)12(15)13-14-7-10(2)16-8-14/h3-7H,8H2,1-2H3,(H,13,15). The molecular weight excluding hydrogens is 204 g/mol. The summed E-state index contributed by atoms with van der Waals surface area (Å²) in [5.41, 5.74) is 4.40. The third-order valence-corrected chi connectivity index (χ3v) is 2.40. The maximum atomic E-state index is 11.9. The Morgan fingerprint density at radius 1 is 1.38 bits per heavy atom. The van der Waals surface area contributed by atoms with Crippen LogP contribution in [-0.4, -0.2) is 17.6 Å². The van der Waals surface area contributed by atoms with E-state index in [1.54, 1.807) is 17.3 Å². The van der Waals surface area contributed by atoms with E-state index in [0.717, 1.165) is 11.3 Å². The van der Waals surface area contributed by atoms with Crippen LogP contribution in [0.5, 0.6) is 0 Å². The molecule has 1 aromatic rings. The van der Waals surface area contributed by atoms with E-state index in [4.69, 9.17) is 4.74 Å². The molecule has 0 unspecified atom stereocenters. The molecule has 16 heavy (non-hydrogen) atoms. The number of nitrogens with one attached hydrogen (secondary N) is 1. The quantitative estimate of drug-likeness (QED) is 0.822. The van der Waals surface area contributed by atoms with Crippen LogP contribution < -0.4 is 5.43 Å². The summed E-state index contributed by atoms with van der Waals surface area (Å²) < 4.78 is 5.20. The smallest absolute Gasteiger partial charge is 0.270 e. The molecule has 2 rings (SSSR count). The van der Waals surface area contributed by atoms with Gasteiger partial charge < -0.3 is 4.74 Å². The molecule has 0 radical (unpaired) electrons. The molecule has 0 aliphatic carbocycles. The molecular formula is C12H14N2O2. The third-order valence-electron chi connectivity index (χ3n) is 2.40. The molecule has 84 valence electrons. The van der Waals surface area contributed by atoms with Crippen LogP contribution >= 0.6 is 0 Å². The molecule has 0 aromatic heterocycles. The Morgan fingerprint density at radius 3 is 2.75 bits per heavy atom. The van der Waals surface area contributed by atoms with Gasteiger partial charge in [0.05, 0.1) is 6.20 Å². The third kappa shape index (κ3) is 2.16. The van der Waals surface area contributed by atoms with Gasteiger partial charge in [-0.25, -0.2) is 0 Å². The van der Waals surface area contributed by atoms with Crippen LogP contribution in [0.1, 0.15) is 22.8 Å². The minimum Gasteiger partial charge on any atom is -0.474 e. The lowest BCUT2D eigenvalue weighted by Gasteiger charge is -2.15. The number of hydrazine groups is 1. The van der Waals surface area contributed by atoms with Gasteiger partial charge in [0.15, 0.2) is 6.73 Å². The second-order valence-electron chi connectivity index (χ2n) is 3.74. The number of amides is 1. The van der Waals surface area contributed by atoms with Gasteiger partial charge in [-0.1, -0.05) is 18.2 Å². The first kappa shape index (κ1) is 10.5. The molecule has 1 aliphatic rings. The molecule has 0 bridgehead atoms. The molecule has 4 heteroatoms. The summed E-state index contributed by atoms with van der Waals surface area (Å²) in [6.45, 7) is 4.12. The fourth-order valence-electron chi connectivity index (χ4n) is 1.55. The molecule has 0 saturated carbocycles. The number of hydrogen-bond donors (Lipinski definition) is 1. The average molecular weight is 218 g/mol. The normalized spacial score (nSPS) is 14.4. The summed E-state index contributed by atoms with van der Waals surface area (Å²) in [6.07, 6.45) is 1.76. The van der Waals surface area contributed by atoms with Gasteiger partial charge in [0.1, 0.15) is 5.76 Å². The summed E-state index contributed by atoms with van der Waals surface area (Å²) in [4.78, 5) is 11.9. The summed E-state index contributed by atoms with van der Waals surface area (Å²) in [7, 11) is 0. The van der Waals surface area contributed by atoms with E-state index in [1.165, 1.54) is 0 Å². The van der Waals surface area contributed by atoms with Crippen LogP contribution in [0.25, 0.3) is 0 Å². The van der Waals surface area contributed by atoms with Gasteiger partial charge in [-0.2, -0.15) is 0 Å². The van der Waals surface area contributed by atoms with Crippen LogP contribution in [0, 0.1) is 6.92 Å². The van der Waals surface area contributed by atoms with Gasteiger partial charge in [0.25, 0.3) is 5.91 Å². The number of allylic oxidation sites excluding steroid dienone is 1. The van der Waals surface area contributed by atoms with Crippen molar-refractivity contribution < 1.29 is 9.53 Å². The molecule has 1 amide bonds. The van der Waals surface area contributed by atoms with Crippen LogP contribution in [0.2, 0.25) is 0 Å². The molecule has 1 N–H and O–H groups in total. The fourth-order valence-corrected chi connectivity index (χ4v) is 1.55. The number of hydrogen-bond acceptors (Lipinski definition) is 3. The van der Waals surface area contributed by atoms with Crippen LogP contribution in [-0.2, 0) is 4.74 Å². The summed E-state index contributed by atoms with van der Waals surface area (Å²) in [6, 6.07) is 7.48. The number of nitrogens with zero attached hydrogens (tertiary/aromatic N) is 1. The lowest BCUT2D eigenvalue weighted by molar-refractivity contribution is 0.0732. The molecule has 0 fully saturated rings. The minimum absolute atomic E-state index is 0.118. The van der Waals surface area contributed by atoms with E-state index in [0.29, 0.717) is 12.3 Å². The highest BCUT2D eigenvalue weighted by Crippen LogP contribution is 2.10. The topological polar surface area (TPSA) is 41.6 Å². The zero-order valence-electron chi connectivity index (χ0n) is 9.36. The van der Waals surface area contributed by atoms with Crippen molar-refractivity contribution in [1.29, 1.82) is 0 Å². The van der Waals surface area contributed by atoms with E-state index in [2.05, 4.69) is 5.43 Å². The maximum Gasteiger partial charge on any atom is 0.270 e. The van der Waals surface area contributed by atoms with Gasteiger partial charge in [0.2, 0.25) is 0 Å². The number of ether oxygens (including phenoxy) is 1. The van der Waals surface area contributed by atoms with Crippen molar-refractivity contribution in [3.8, 4) is 0 Å². The van der Waals surface area contributed by atoms with Gasteiger partial charge in [-0.05, 0) is 25.5 Å². The Labute approximate surface area is 94.5 Å². The first-order chi connectivity index (χ1) is 7.66. The lowest BCUT2D eigenvalue weighted by Crippen LogP contribution is -2.37. The monoisotopic (exact) mass is 218 g/mol. The molecule has 0 saturated heterocycles. The SMILES string of the molecule is CC1=CN(NC(=O)c2ccccc2C)CO1. The lowest BCUT2D eigenvalue weighted by atomic mass is 10.1. The largest absolute Gasteiger partial charge is 0.474 e. The van der Waals surface area contributed by atoms with Gasteiger partial charge in [0, 0.05) is 5.56 Å². The van der Waals surface area contributed by atoms with Crippen molar-refractivity contribution in [2.75, 3.05) is 6.73 Å². The number of aryl methyl sites for hydroxylation is 1. The highest BCUT2D eigenvalue weighted by Gasteiger charge is 2.14. The predicted octanol–water partition coefficient (Wildman–Crippen LogP) is 1.79. The van der Waals surface area contributed by atoms with Crippen molar-refractivity contribution in [2.45, 2.75) is 13.8 Å². The van der Waals surface area contributed by atoms with Crippen molar-refractivity contribution in [2.24, 2.45) is 0 Å². The van der Waals surface area contributed by atoms with E-state index in [9.17, 15) is 4.79 Å². The Balaban J connectivity index is 2.07.